The Bertz CT molecular complexity index is 1000. The van der Waals surface area contributed by atoms with E-state index in [1.807, 2.05) is 53.4 Å². The van der Waals surface area contributed by atoms with Crippen molar-refractivity contribution in [3.05, 3.63) is 107 Å². The summed E-state index contributed by atoms with van der Waals surface area (Å²) in [7, 11) is 0. The highest BCUT2D eigenvalue weighted by Gasteiger charge is 2.36. The molecule has 3 aromatic rings. The molecule has 4 rings (SSSR count). The number of hydrogen-bond donors (Lipinski definition) is 0. The van der Waals surface area contributed by atoms with E-state index in [4.69, 9.17) is 0 Å². The maximum atomic E-state index is 13.6. The molecule has 0 radical (unpaired) electrons. The second kappa shape index (κ2) is 10.1. The Kier molecular flexibility index (Phi) is 7.01. The van der Waals surface area contributed by atoms with Gasteiger partial charge in [-0.15, -0.1) is 0 Å². The summed E-state index contributed by atoms with van der Waals surface area (Å²) in [4.78, 5) is 17.7. The molecule has 2 unspecified atom stereocenters. The average molecular weight is 431 g/mol. The molecule has 1 amide bonds. The molecule has 0 spiro atoms. The molecule has 2 atom stereocenters. The van der Waals surface area contributed by atoms with Gasteiger partial charge in [0.05, 0.1) is 0 Å². The third-order valence-corrected chi connectivity index (χ3v) is 6.40. The fourth-order valence-electron chi connectivity index (χ4n) is 4.73. The predicted molar refractivity (Wildman–Crippen MR) is 127 cm³/mol. The topological polar surface area (TPSA) is 23.6 Å². The van der Waals surface area contributed by atoms with E-state index in [0.29, 0.717) is 6.54 Å². The summed E-state index contributed by atoms with van der Waals surface area (Å²) in [6.07, 6.45) is 0. The summed E-state index contributed by atoms with van der Waals surface area (Å²) >= 11 is 0. The van der Waals surface area contributed by atoms with Crippen molar-refractivity contribution in [2.24, 2.45) is 5.92 Å². The zero-order valence-electron chi connectivity index (χ0n) is 18.8. The second-order valence-electron chi connectivity index (χ2n) is 9.02. The molecule has 0 saturated carbocycles. The SMILES string of the molecule is CC(C)N(CC1CN(Cc2ccccc2)CC1c1ccc(F)cc1)C(=O)c1ccccc1. The Morgan fingerprint density at radius 2 is 1.56 bits per heavy atom. The fourth-order valence-corrected chi connectivity index (χ4v) is 4.73. The fraction of sp³-hybridized carbons (Fsp3) is 0.321. The Hall–Kier alpha value is -2.98. The number of nitrogens with zero attached hydrogens (tertiary/aromatic N) is 2. The summed E-state index contributed by atoms with van der Waals surface area (Å²) in [6.45, 7) is 7.51. The van der Waals surface area contributed by atoms with Gasteiger partial charge in [0.2, 0.25) is 0 Å². The number of carbonyl (C=O) groups is 1. The first-order chi connectivity index (χ1) is 15.5. The molecule has 1 fully saturated rings. The highest BCUT2D eigenvalue weighted by molar-refractivity contribution is 5.94. The van der Waals surface area contributed by atoms with Crippen LogP contribution in [0.2, 0.25) is 0 Å². The van der Waals surface area contributed by atoms with Crippen LogP contribution in [0, 0.1) is 11.7 Å². The third-order valence-electron chi connectivity index (χ3n) is 6.40. The number of halogens is 1. The number of benzene rings is 3. The third kappa shape index (κ3) is 5.25. The van der Waals surface area contributed by atoms with Crippen molar-refractivity contribution in [3.8, 4) is 0 Å². The number of hydrogen-bond acceptors (Lipinski definition) is 2. The van der Waals surface area contributed by atoms with Crippen molar-refractivity contribution in [2.75, 3.05) is 19.6 Å². The van der Waals surface area contributed by atoms with Crippen LogP contribution in [0.15, 0.2) is 84.9 Å². The van der Waals surface area contributed by atoms with Crippen LogP contribution >= 0.6 is 0 Å². The molecular weight excluding hydrogens is 399 g/mol. The van der Waals surface area contributed by atoms with Crippen LogP contribution in [0.1, 0.15) is 41.3 Å². The molecule has 1 saturated heterocycles. The standard InChI is InChI=1S/C28H31FN2O/c1-21(2)31(28(32)24-11-7-4-8-12-24)19-25-18-30(17-22-9-5-3-6-10-22)20-27(25)23-13-15-26(29)16-14-23/h3-16,21,25,27H,17-20H2,1-2H3. The number of carbonyl (C=O) groups excluding carboxylic acids is 1. The van der Waals surface area contributed by atoms with Crippen molar-refractivity contribution in [1.82, 2.24) is 9.80 Å². The van der Waals surface area contributed by atoms with Gasteiger partial charge in [-0.05, 0) is 55.2 Å². The normalized spacial score (nSPS) is 18.8. The minimum absolute atomic E-state index is 0.0694. The van der Waals surface area contributed by atoms with Crippen molar-refractivity contribution >= 4 is 5.91 Å². The van der Waals surface area contributed by atoms with Crippen LogP contribution in [0.25, 0.3) is 0 Å². The van der Waals surface area contributed by atoms with Gasteiger partial charge in [-0.2, -0.15) is 0 Å². The Balaban J connectivity index is 1.57. The molecular formula is C28H31FN2O. The highest BCUT2D eigenvalue weighted by Crippen LogP contribution is 2.35. The molecule has 0 aromatic heterocycles. The molecule has 3 nitrogen and oxygen atoms in total. The van der Waals surface area contributed by atoms with Gasteiger partial charge < -0.3 is 4.90 Å². The van der Waals surface area contributed by atoms with Gasteiger partial charge in [0.1, 0.15) is 5.82 Å². The Morgan fingerprint density at radius 3 is 2.19 bits per heavy atom. The van der Waals surface area contributed by atoms with E-state index in [9.17, 15) is 9.18 Å². The van der Waals surface area contributed by atoms with Gasteiger partial charge >= 0.3 is 0 Å². The summed E-state index contributed by atoms with van der Waals surface area (Å²) in [5.74, 6) is 0.385. The molecule has 3 aromatic carbocycles. The first kappa shape index (κ1) is 22.2. The number of amides is 1. The van der Waals surface area contributed by atoms with E-state index in [-0.39, 0.29) is 29.6 Å². The Labute approximate surface area is 190 Å². The first-order valence-corrected chi connectivity index (χ1v) is 11.4. The maximum Gasteiger partial charge on any atom is 0.254 e. The lowest BCUT2D eigenvalue weighted by molar-refractivity contribution is 0.0668. The number of likely N-dealkylation sites (tertiary alicyclic amines) is 1. The minimum atomic E-state index is -0.215. The van der Waals surface area contributed by atoms with Crippen LogP contribution in [-0.2, 0) is 6.54 Å². The van der Waals surface area contributed by atoms with Gasteiger partial charge in [0.15, 0.2) is 0 Å². The minimum Gasteiger partial charge on any atom is -0.336 e. The van der Waals surface area contributed by atoms with Crippen LogP contribution in [0.3, 0.4) is 0 Å². The van der Waals surface area contributed by atoms with Gasteiger partial charge in [-0.25, -0.2) is 4.39 Å². The van der Waals surface area contributed by atoms with Crippen molar-refractivity contribution < 1.29 is 9.18 Å². The molecule has 0 N–H and O–H groups in total. The maximum absolute atomic E-state index is 13.6. The van der Waals surface area contributed by atoms with Crippen LogP contribution < -0.4 is 0 Å². The summed E-state index contributed by atoms with van der Waals surface area (Å²) in [6, 6.07) is 27.0. The van der Waals surface area contributed by atoms with Crippen molar-refractivity contribution in [2.45, 2.75) is 32.4 Å². The first-order valence-electron chi connectivity index (χ1n) is 11.4. The van der Waals surface area contributed by atoms with Crippen molar-refractivity contribution in [3.63, 3.8) is 0 Å². The van der Waals surface area contributed by atoms with E-state index in [1.54, 1.807) is 12.1 Å². The molecule has 166 valence electrons. The molecule has 32 heavy (non-hydrogen) atoms. The van der Waals surface area contributed by atoms with E-state index in [2.05, 4.69) is 43.0 Å². The van der Waals surface area contributed by atoms with Gasteiger partial charge in [0.25, 0.3) is 5.91 Å². The predicted octanol–water partition coefficient (Wildman–Crippen LogP) is 5.59. The smallest absolute Gasteiger partial charge is 0.254 e. The number of rotatable bonds is 7. The molecule has 1 aliphatic rings. The molecule has 1 aliphatic heterocycles. The monoisotopic (exact) mass is 430 g/mol. The summed E-state index contributed by atoms with van der Waals surface area (Å²) < 4.78 is 13.6. The molecule has 4 heteroatoms. The quantitative estimate of drug-likeness (QED) is 0.488. The summed E-state index contributed by atoms with van der Waals surface area (Å²) in [5.41, 5.74) is 3.15. The van der Waals surface area contributed by atoms with E-state index in [1.165, 1.54) is 5.56 Å². The zero-order valence-corrected chi connectivity index (χ0v) is 18.8. The van der Waals surface area contributed by atoms with Crippen LogP contribution in [0.4, 0.5) is 4.39 Å². The Morgan fingerprint density at radius 1 is 0.938 bits per heavy atom. The van der Waals surface area contributed by atoms with E-state index in [0.717, 1.165) is 30.8 Å². The lowest BCUT2D eigenvalue weighted by atomic mass is 9.88. The van der Waals surface area contributed by atoms with Gasteiger partial charge in [0, 0.05) is 43.7 Å². The summed E-state index contributed by atoms with van der Waals surface area (Å²) in [5, 5.41) is 0. The zero-order chi connectivity index (χ0) is 22.5. The highest BCUT2D eigenvalue weighted by atomic mass is 19.1. The lowest BCUT2D eigenvalue weighted by Crippen LogP contribution is -2.42. The van der Waals surface area contributed by atoms with Crippen LogP contribution in [0.5, 0.6) is 0 Å². The molecule has 0 bridgehead atoms. The van der Waals surface area contributed by atoms with E-state index < -0.39 is 0 Å². The molecule has 0 aliphatic carbocycles. The van der Waals surface area contributed by atoms with Gasteiger partial charge in [-0.3, -0.25) is 9.69 Å². The van der Waals surface area contributed by atoms with E-state index >= 15 is 0 Å². The second-order valence-corrected chi connectivity index (χ2v) is 9.02. The molecule has 1 heterocycles. The lowest BCUT2D eigenvalue weighted by Gasteiger charge is -2.32. The average Bonchev–Trinajstić information content (AvgIpc) is 3.20. The van der Waals surface area contributed by atoms with Gasteiger partial charge in [-0.1, -0.05) is 60.7 Å². The van der Waals surface area contributed by atoms with Crippen molar-refractivity contribution in [1.29, 1.82) is 0 Å². The largest absolute Gasteiger partial charge is 0.336 e. The van der Waals surface area contributed by atoms with Crippen LogP contribution in [-0.4, -0.2) is 41.4 Å².